The number of aromatic nitrogens is 3. The third-order valence-electron chi connectivity index (χ3n) is 6.40. The first-order chi connectivity index (χ1) is 18.6. The molecular formula is C29H28ClN5O4. The average molecular weight is 546 g/mol. The van der Waals surface area contributed by atoms with E-state index >= 15 is 0 Å². The van der Waals surface area contributed by atoms with E-state index in [9.17, 15) is 9.59 Å². The van der Waals surface area contributed by atoms with Gasteiger partial charge in [-0.05, 0) is 74.6 Å². The number of pyridine rings is 1. The van der Waals surface area contributed by atoms with Crippen LogP contribution in [0.1, 0.15) is 50.3 Å². The lowest BCUT2D eigenvalue weighted by molar-refractivity contribution is 0.0636. The first-order valence-electron chi connectivity index (χ1n) is 12.5. The summed E-state index contributed by atoms with van der Waals surface area (Å²) in [5.74, 6) is 0.703. The Morgan fingerprint density at radius 3 is 2.67 bits per heavy atom. The molecule has 2 aromatic heterocycles. The number of oxime groups is 1. The third kappa shape index (κ3) is 5.73. The van der Waals surface area contributed by atoms with E-state index in [1.807, 2.05) is 30.3 Å². The zero-order valence-electron chi connectivity index (χ0n) is 21.7. The van der Waals surface area contributed by atoms with Crippen LogP contribution >= 0.6 is 11.6 Å². The van der Waals surface area contributed by atoms with E-state index in [0.717, 1.165) is 28.9 Å². The molecule has 0 fully saturated rings. The first-order valence-corrected chi connectivity index (χ1v) is 12.9. The number of aryl methyl sites for hydroxylation is 1. The van der Waals surface area contributed by atoms with Crippen molar-refractivity contribution in [2.45, 2.75) is 45.3 Å². The van der Waals surface area contributed by atoms with Gasteiger partial charge in [-0.15, -0.1) is 0 Å². The fourth-order valence-electron chi connectivity index (χ4n) is 4.76. The summed E-state index contributed by atoms with van der Waals surface area (Å²) in [4.78, 5) is 33.8. The number of benzene rings is 2. The number of rotatable bonds is 5. The molecule has 2 aromatic carbocycles. The van der Waals surface area contributed by atoms with Gasteiger partial charge in [0, 0.05) is 22.3 Å². The molecule has 3 heterocycles. The molecular weight excluding hydrogens is 518 g/mol. The van der Waals surface area contributed by atoms with Gasteiger partial charge >= 0.3 is 6.09 Å². The summed E-state index contributed by atoms with van der Waals surface area (Å²) in [6, 6.07) is 15.9. The maximum absolute atomic E-state index is 13.4. The van der Waals surface area contributed by atoms with Crippen LogP contribution in [0.3, 0.4) is 0 Å². The number of ether oxygens (including phenoxy) is 1. The molecule has 10 heteroatoms. The zero-order valence-corrected chi connectivity index (χ0v) is 22.5. The van der Waals surface area contributed by atoms with Crippen LogP contribution in [0.5, 0.6) is 0 Å². The number of nitrogens with zero attached hydrogens (tertiary/aromatic N) is 3. The number of imidazole rings is 1. The molecule has 1 unspecified atom stereocenters. The van der Waals surface area contributed by atoms with Gasteiger partial charge in [0.1, 0.15) is 11.4 Å². The topological polar surface area (TPSA) is 122 Å². The second-order valence-corrected chi connectivity index (χ2v) is 10.8. The number of halogens is 1. The molecule has 1 atom stereocenters. The molecule has 39 heavy (non-hydrogen) atoms. The Morgan fingerprint density at radius 2 is 1.95 bits per heavy atom. The van der Waals surface area contributed by atoms with E-state index in [4.69, 9.17) is 21.5 Å². The molecule has 9 nitrogen and oxygen atoms in total. The number of H-pyrrole nitrogens is 1. The molecule has 1 aliphatic heterocycles. The highest BCUT2D eigenvalue weighted by Crippen LogP contribution is 2.35. The Hall–Kier alpha value is -4.37. The van der Waals surface area contributed by atoms with Crippen LogP contribution in [0.25, 0.3) is 22.4 Å². The quantitative estimate of drug-likeness (QED) is 0.155. The number of carbonyl (C=O) groups excluding carboxylic acids is 1. The van der Waals surface area contributed by atoms with Crippen molar-refractivity contribution in [2.75, 3.05) is 5.32 Å². The maximum Gasteiger partial charge on any atom is 0.412 e. The van der Waals surface area contributed by atoms with Crippen LogP contribution < -0.4 is 10.9 Å². The molecule has 1 aliphatic rings. The highest BCUT2D eigenvalue weighted by Gasteiger charge is 2.28. The zero-order chi connectivity index (χ0) is 27.7. The third-order valence-corrected chi connectivity index (χ3v) is 6.64. The van der Waals surface area contributed by atoms with Crippen LogP contribution in [0.15, 0.2) is 70.7 Å². The lowest BCUT2D eigenvalue weighted by Crippen LogP contribution is -2.27. The van der Waals surface area contributed by atoms with Gasteiger partial charge in [-0.25, -0.2) is 9.78 Å². The minimum Gasteiger partial charge on any atom is -0.444 e. The van der Waals surface area contributed by atoms with Crippen molar-refractivity contribution >= 4 is 29.6 Å². The molecule has 0 bridgehead atoms. The Kier molecular flexibility index (Phi) is 7.01. The van der Waals surface area contributed by atoms with Gasteiger partial charge in [-0.3, -0.25) is 10.1 Å². The van der Waals surface area contributed by atoms with Crippen molar-refractivity contribution in [1.29, 1.82) is 0 Å². The Balaban J connectivity index is 1.44. The second kappa shape index (κ2) is 10.4. The number of hydrogen-bond acceptors (Lipinski definition) is 6. The number of anilines is 1. The van der Waals surface area contributed by atoms with Crippen LogP contribution in [0, 0.1) is 0 Å². The number of carbonyl (C=O) groups is 1. The van der Waals surface area contributed by atoms with Gasteiger partial charge in [0.2, 0.25) is 0 Å². The van der Waals surface area contributed by atoms with Gasteiger partial charge in [0.25, 0.3) is 5.56 Å². The highest BCUT2D eigenvalue weighted by molar-refractivity contribution is 6.31. The van der Waals surface area contributed by atoms with Gasteiger partial charge < -0.3 is 19.5 Å². The fraction of sp³-hybridized carbons (Fsp3) is 0.241. The SMILES string of the molecule is CC(C)(C)OC(=O)Nc1ccc(Cl)cc1-c1cc2n(c(=O)c1)C(c1ncc(-c3ccc(C=NO)cc3)[nH]1)CC2. The van der Waals surface area contributed by atoms with Crippen LogP contribution in [0.4, 0.5) is 10.5 Å². The van der Waals surface area contributed by atoms with E-state index in [2.05, 4.69) is 20.4 Å². The number of fused-ring (bicyclic) bond motifs is 1. The number of aromatic amines is 1. The predicted molar refractivity (Wildman–Crippen MR) is 151 cm³/mol. The van der Waals surface area contributed by atoms with Crippen LogP contribution in [-0.2, 0) is 11.2 Å². The minimum atomic E-state index is -0.651. The van der Waals surface area contributed by atoms with E-state index < -0.39 is 11.7 Å². The summed E-state index contributed by atoms with van der Waals surface area (Å²) in [5.41, 5.74) is 4.37. The van der Waals surface area contributed by atoms with Gasteiger partial charge in [-0.1, -0.05) is 41.0 Å². The van der Waals surface area contributed by atoms with Gasteiger partial charge in [0.05, 0.1) is 29.8 Å². The molecule has 0 aliphatic carbocycles. The summed E-state index contributed by atoms with van der Waals surface area (Å²) in [7, 11) is 0. The Bertz CT molecular complexity index is 1620. The summed E-state index contributed by atoms with van der Waals surface area (Å²) >= 11 is 6.29. The molecule has 1 amide bonds. The van der Waals surface area contributed by atoms with E-state index in [-0.39, 0.29) is 11.6 Å². The number of hydrogen-bond donors (Lipinski definition) is 3. The molecule has 0 spiro atoms. The molecule has 0 saturated carbocycles. The summed E-state index contributed by atoms with van der Waals surface area (Å²) in [6.45, 7) is 5.37. The molecule has 0 saturated heterocycles. The summed E-state index contributed by atoms with van der Waals surface area (Å²) in [6.07, 6.45) is 3.93. The van der Waals surface area contributed by atoms with Crippen molar-refractivity contribution in [3.05, 3.63) is 93.3 Å². The maximum atomic E-state index is 13.4. The average Bonchev–Trinajstić information content (AvgIpc) is 3.52. The van der Waals surface area contributed by atoms with Crippen molar-refractivity contribution in [2.24, 2.45) is 5.16 Å². The van der Waals surface area contributed by atoms with Crippen LogP contribution in [-0.4, -0.2) is 37.7 Å². The monoisotopic (exact) mass is 545 g/mol. The van der Waals surface area contributed by atoms with E-state index in [1.165, 1.54) is 6.21 Å². The molecule has 5 rings (SSSR count). The lowest BCUT2D eigenvalue weighted by Gasteiger charge is -2.21. The van der Waals surface area contributed by atoms with E-state index in [0.29, 0.717) is 34.1 Å². The molecule has 4 aromatic rings. The van der Waals surface area contributed by atoms with E-state index in [1.54, 1.807) is 55.8 Å². The summed E-state index contributed by atoms with van der Waals surface area (Å²) in [5, 5.41) is 15.0. The summed E-state index contributed by atoms with van der Waals surface area (Å²) < 4.78 is 7.16. The van der Waals surface area contributed by atoms with Crippen molar-refractivity contribution in [3.8, 4) is 22.4 Å². The standard InChI is InChI=1S/C29H28ClN5O4/c1-29(2,3)39-28(37)34-23-10-8-20(30)14-22(23)19-12-21-9-11-25(35(21)26(36)13-19)27-31-16-24(33-27)18-6-4-17(5-7-18)15-32-38/h4-8,10,12-16,25,38H,9,11H2,1-3H3,(H,31,33)(H,34,37). The van der Waals surface area contributed by atoms with Crippen molar-refractivity contribution < 1.29 is 14.7 Å². The van der Waals surface area contributed by atoms with Crippen molar-refractivity contribution in [3.63, 3.8) is 0 Å². The normalized spacial score (nSPS) is 14.9. The Labute approximate surface area is 230 Å². The number of amides is 1. The van der Waals surface area contributed by atoms with Crippen molar-refractivity contribution in [1.82, 2.24) is 14.5 Å². The molecule has 0 radical (unpaired) electrons. The predicted octanol–water partition coefficient (Wildman–Crippen LogP) is 6.25. The minimum absolute atomic E-state index is 0.168. The van der Waals surface area contributed by atoms with Gasteiger partial charge in [-0.2, -0.15) is 0 Å². The van der Waals surface area contributed by atoms with Crippen LogP contribution in [0.2, 0.25) is 5.02 Å². The largest absolute Gasteiger partial charge is 0.444 e. The molecule has 200 valence electrons. The van der Waals surface area contributed by atoms with Gasteiger partial charge in [0.15, 0.2) is 0 Å². The number of nitrogens with one attached hydrogen (secondary N) is 2. The highest BCUT2D eigenvalue weighted by atomic mass is 35.5. The smallest absolute Gasteiger partial charge is 0.412 e. The first kappa shape index (κ1) is 26.2. The lowest BCUT2D eigenvalue weighted by atomic mass is 10.0. The molecule has 3 N–H and O–H groups in total. The fourth-order valence-corrected chi connectivity index (χ4v) is 4.93. The second-order valence-electron chi connectivity index (χ2n) is 10.4. The Morgan fingerprint density at radius 1 is 1.18 bits per heavy atom.